The van der Waals surface area contributed by atoms with Gasteiger partial charge in [0.05, 0.1) is 0 Å². The molecule has 0 aliphatic heterocycles. The molecule has 0 unspecified atom stereocenters. The number of aromatic nitrogens is 1. The summed E-state index contributed by atoms with van der Waals surface area (Å²) < 4.78 is 68.2. The molecule has 6 nitrogen and oxygen atoms in total. The largest absolute Gasteiger partial charge is 0.516 e. The molecule has 1 heterocycles. The van der Waals surface area contributed by atoms with Crippen LogP contribution in [0.5, 0.6) is 0 Å². The average Bonchev–Trinajstić information content (AvgIpc) is 2.70. The van der Waals surface area contributed by atoms with Crippen molar-refractivity contribution in [2.24, 2.45) is 0 Å². The second kappa shape index (κ2) is 6.49. The van der Waals surface area contributed by atoms with Crippen LogP contribution in [-0.4, -0.2) is 30.1 Å². The molecule has 1 aromatic heterocycles. The van der Waals surface area contributed by atoms with Gasteiger partial charge in [-0.25, -0.2) is 0 Å². The van der Waals surface area contributed by atoms with E-state index in [1.54, 1.807) is 38.3 Å². The molecule has 10 heteroatoms. The van der Waals surface area contributed by atoms with Gasteiger partial charge in [0.1, 0.15) is 12.1 Å². The maximum atomic E-state index is 12.5. The highest BCUT2D eigenvalue weighted by molar-refractivity contribution is 7.93. The van der Waals surface area contributed by atoms with E-state index in [0.717, 1.165) is 0 Å². The zero-order valence-corrected chi connectivity index (χ0v) is 15.5. The van der Waals surface area contributed by atoms with Gasteiger partial charge < -0.3 is 9.30 Å². The summed E-state index contributed by atoms with van der Waals surface area (Å²) in [6, 6.07) is 5.57. The van der Waals surface area contributed by atoms with E-state index in [2.05, 4.69) is 0 Å². The fourth-order valence-electron chi connectivity index (χ4n) is 2.40. The molecule has 144 valence electrons. The first-order chi connectivity index (χ1) is 11.7. The van der Waals surface area contributed by atoms with Crippen LogP contribution in [-0.2, 0) is 26.1 Å². The first-order valence-electron chi connectivity index (χ1n) is 7.60. The normalized spacial score (nSPS) is 13.0. The van der Waals surface area contributed by atoms with E-state index in [0.29, 0.717) is 16.6 Å². The Bertz CT molecular complexity index is 941. The van der Waals surface area contributed by atoms with Gasteiger partial charge in [0, 0.05) is 22.3 Å². The Labute approximate surface area is 149 Å². The number of halogens is 3. The second-order valence-electron chi connectivity index (χ2n) is 6.78. The minimum Gasteiger partial charge on any atom is -0.459 e. The lowest BCUT2D eigenvalue weighted by atomic mass is 10.2. The van der Waals surface area contributed by atoms with Crippen LogP contribution in [0.25, 0.3) is 10.9 Å². The number of nitrogens with one attached hydrogen (secondary N) is 1. The molecule has 0 atom stereocenters. The number of anilines is 1. The van der Waals surface area contributed by atoms with E-state index in [4.69, 9.17) is 4.74 Å². The van der Waals surface area contributed by atoms with Crippen LogP contribution >= 0.6 is 0 Å². The molecule has 0 aliphatic carbocycles. The molecule has 0 bridgehead atoms. The van der Waals surface area contributed by atoms with E-state index >= 15 is 0 Å². The third kappa shape index (κ3) is 4.48. The Kier molecular flexibility index (Phi) is 5.02. The van der Waals surface area contributed by atoms with Crippen molar-refractivity contribution in [1.82, 2.24) is 4.57 Å². The summed E-state index contributed by atoms with van der Waals surface area (Å²) in [7, 11) is -5.49. The highest BCUT2D eigenvalue weighted by Gasteiger charge is 2.46. The van der Waals surface area contributed by atoms with Crippen molar-refractivity contribution in [3.05, 3.63) is 30.0 Å². The summed E-state index contributed by atoms with van der Waals surface area (Å²) in [5.74, 6) is -0.458. The molecular formula is C16H19F3N2O4S. The van der Waals surface area contributed by atoms with Gasteiger partial charge in [0.25, 0.3) is 0 Å². The number of carbonyl (C=O) groups is 1. The van der Waals surface area contributed by atoms with Crippen LogP contribution in [0.2, 0.25) is 0 Å². The van der Waals surface area contributed by atoms with Crippen LogP contribution in [0.3, 0.4) is 0 Å². The number of carbonyl (C=O) groups excluding carboxylic acids is 1. The third-order valence-corrected chi connectivity index (χ3v) is 4.49. The lowest BCUT2D eigenvalue weighted by Crippen LogP contribution is -2.29. The van der Waals surface area contributed by atoms with Crippen molar-refractivity contribution >= 4 is 32.6 Å². The fourth-order valence-corrected chi connectivity index (χ4v) is 2.95. The number of fused-ring (bicyclic) bond motifs is 1. The van der Waals surface area contributed by atoms with E-state index < -0.39 is 27.1 Å². The van der Waals surface area contributed by atoms with Gasteiger partial charge in [0.2, 0.25) is 0 Å². The molecule has 1 N–H and O–H groups in total. The summed E-state index contributed by atoms with van der Waals surface area (Å²) >= 11 is 0. The molecule has 0 amide bonds. The molecule has 0 radical (unpaired) electrons. The minimum atomic E-state index is -5.49. The zero-order valence-electron chi connectivity index (χ0n) is 14.6. The van der Waals surface area contributed by atoms with Gasteiger partial charge in [-0.3, -0.25) is 9.52 Å². The Balaban J connectivity index is 2.32. The monoisotopic (exact) mass is 392 g/mol. The van der Waals surface area contributed by atoms with Crippen molar-refractivity contribution in [2.45, 2.75) is 45.3 Å². The predicted octanol–water partition coefficient (Wildman–Crippen LogP) is 3.55. The standard InChI is InChI=1S/C16H19F3N2O4S/c1-10-7-11-8-12(20-26(23,24)16(17,18)19)5-6-13(11)21(10)9-14(22)25-15(2,3)4/h5-8,20H,9H2,1-4H3. The van der Waals surface area contributed by atoms with E-state index in [-0.39, 0.29) is 12.2 Å². The Morgan fingerprint density at radius 2 is 1.81 bits per heavy atom. The lowest BCUT2D eigenvalue weighted by Gasteiger charge is -2.20. The quantitative estimate of drug-likeness (QED) is 0.808. The van der Waals surface area contributed by atoms with E-state index in [1.807, 2.05) is 0 Å². The van der Waals surface area contributed by atoms with Crippen molar-refractivity contribution in [3.63, 3.8) is 0 Å². The molecular weight excluding hydrogens is 373 g/mol. The number of benzene rings is 1. The molecule has 2 rings (SSSR count). The Hall–Kier alpha value is -2.23. The summed E-state index contributed by atoms with van der Waals surface area (Å²) in [5, 5.41) is 0.494. The number of ether oxygens (including phenoxy) is 1. The number of rotatable bonds is 4. The molecule has 26 heavy (non-hydrogen) atoms. The summed E-state index contributed by atoms with van der Waals surface area (Å²) in [6.45, 7) is 6.88. The number of alkyl halides is 3. The Morgan fingerprint density at radius 3 is 2.35 bits per heavy atom. The SMILES string of the molecule is Cc1cc2cc(NS(=O)(=O)C(F)(F)F)ccc2n1CC(=O)OC(C)(C)C. The third-order valence-electron chi connectivity index (χ3n) is 3.37. The summed E-state index contributed by atoms with van der Waals surface area (Å²) in [5.41, 5.74) is -5.01. The van der Waals surface area contributed by atoms with Crippen molar-refractivity contribution < 1.29 is 31.1 Å². The van der Waals surface area contributed by atoms with Crippen molar-refractivity contribution in [3.8, 4) is 0 Å². The van der Waals surface area contributed by atoms with Gasteiger partial charge >= 0.3 is 21.5 Å². The maximum absolute atomic E-state index is 12.5. The maximum Gasteiger partial charge on any atom is 0.516 e. The number of aryl methyl sites for hydroxylation is 1. The predicted molar refractivity (Wildman–Crippen MR) is 91.1 cm³/mol. The highest BCUT2D eigenvalue weighted by atomic mass is 32.2. The van der Waals surface area contributed by atoms with E-state index in [1.165, 1.54) is 22.9 Å². The number of esters is 1. The zero-order chi connectivity index (χ0) is 19.9. The fraction of sp³-hybridized carbons (Fsp3) is 0.438. The van der Waals surface area contributed by atoms with Gasteiger partial charge in [-0.15, -0.1) is 0 Å². The molecule has 0 saturated heterocycles. The van der Waals surface area contributed by atoms with Crippen LogP contribution in [0.1, 0.15) is 26.5 Å². The first-order valence-corrected chi connectivity index (χ1v) is 9.09. The molecule has 0 saturated carbocycles. The smallest absolute Gasteiger partial charge is 0.459 e. The van der Waals surface area contributed by atoms with Crippen LogP contribution in [0.15, 0.2) is 24.3 Å². The number of nitrogens with zero attached hydrogens (tertiary/aromatic N) is 1. The average molecular weight is 392 g/mol. The number of sulfonamides is 1. The van der Waals surface area contributed by atoms with E-state index in [9.17, 15) is 26.4 Å². The topological polar surface area (TPSA) is 77.4 Å². The minimum absolute atomic E-state index is 0.0692. The number of hydrogen-bond acceptors (Lipinski definition) is 4. The highest BCUT2D eigenvalue weighted by Crippen LogP contribution is 2.28. The molecule has 0 fully saturated rings. The summed E-state index contributed by atoms with van der Waals surface area (Å²) in [6.07, 6.45) is 0. The Morgan fingerprint density at radius 1 is 1.19 bits per heavy atom. The van der Waals surface area contributed by atoms with Gasteiger partial charge in [-0.1, -0.05) is 0 Å². The molecule has 2 aromatic rings. The van der Waals surface area contributed by atoms with Gasteiger partial charge in [-0.2, -0.15) is 21.6 Å². The van der Waals surface area contributed by atoms with Crippen LogP contribution in [0.4, 0.5) is 18.9 Å². The van der Waals surface area contributed by atoms with Crippen LogP contribution < -0.4 is 4.72 Å². The molecule has 0 aliphatic rings. The molecule has 1 aromatic carbocycles. The molecule has 0 spiro atoms. The van der Waals surface area contributed by atoms with Gasteiger partial charge in [-0.05, 0) is 52.0 Å². The van der Waals surface area contributed by atoms with Crippen LogP contribution in [0, 0.1) is 6.92 Å². The van der Waals surface area contributed by atoms with Gasteiger partial charge in [0.15, 0.2) is 0 Å². The summed E-state index contributed by atoms with van der Waals surface area (Å²) in [4.78, 5) is 12.0. The van der Waals surface area contributed by atoms with Crippen molar-refractivity contribution in [1.29, 1.82) is 0 Å². The second-order valence-corrected chi connectivity index (χ2v) is 8.46. The first kappa shape index (κ1) is 20.1. The lowest BCUT2D eigenvalue weighted by molar-refractivity contribution is -0.155. The van der Waals surface area contributed by atoms with Crippen molar-refractivity contribution in [2.75, 3.05) is 4.72 Å². The number of hydrogen-bond donors (Lipinski definition) is 1.